The molecule has 7 nitrogen and oxygen atoms in total. The highest BCUT2D eigenvalue weighted by molar-refractivity contribution is 7.86. The topological polar surface area (TPSA) is 118 Å². The predicted molar refractivity (Wildman–Crippen MR) is 35.0 cm³/mol. The van der Waals surface area contributed by atoms with Crippen molar-refractivity contribution in [1.29, 1.82) is 0 Å². The number of halogens is 4. The molecule has 0 atom stereocenters. The fourth-order valence-electron chi connectivity index (χ4n) is 0.482. The van der Waals surface area contributed by atoms with Gasteiger partial charge in [-0.25, -0.2) is 0 Å². The second kappa shape index (κ2) is 4.29. The van der Waals surface area contributed by atoms with Gasteiger partial charge in [-0.2, -0.15) is 26.6 Å². The number of rotatable bonds is 1. The summed E-state index contributed by atoms with van der Waals surface area (Å²) < 4.78 is 67.2. The molecule has 3 N–H and O–H groups in total. The Morgan fingerprint density at radius 1 is 1.27 bits per heavy atom. The molecule has 0 saturated heterocycles. The maximum absolute atomic E-state index is 12.0. The van der Waals surface area contributed by atoms with Crippen LogP contribution in [-0.2, 0) is 16.4 Å². The molecule has 0 saturated carbocycles. The minimum Gasteiger partial charge on any atom is -0.254 e. The largest absolute Gasteiger partial charge is 0.451 e. The molecule has 0 aromatic carbocycles. The number of nitrogens with two attached hydrogens (primary N) is 1. The maximum Gasteiger partial charge on any atom is 0.451 e. The molecular weight excluding hydrogens is 248 g/mol. The van der Waals surface area contributed by atoms with Crippen molar-refractivity contribution in [2.75, 3.05) is 0 Å². The van der Waals surface area contributed by atoms with Gasteiger partial charge in [0.15, 0.2) is 0 Å². The fraction of sp³-hybridized carbons (Fsp3) is 0.333. The molecular formula is C3H3F4N4O3S+. The normalized spacial score (nSPS) is 11.7. The Labute approximate surface area is 79.5 Å². The number of aromatic nitrogens is 3. The number of hydrogen-bond acceptors (Lipinski definition) is 5. The molecule has 0 aliphatic heterocycles. The van der Waals surface area contributed by atoms with Crippen LogP contribution in [-0.4, -0.2) is 23.6 Å². The van der Waals surface area contributed by atoms with Crippen LogP contribution in [0.15, 0.2) is 5.16 Å². The first-order chi connectivity index (χ1) is 6.71. The molecule has 1 rings (SSSR count). The SMILES string of the molecule is O=S(=O)(F)c1n[nH]c(C(F)(F)F)n1.[NH2+]=O. The average molecular weight is 251 g/mol. The van der Waals surface area contributed by atoms with Gasteiger partial charge in [0.25, 0.3) is 5.16 Å². The van der Waals surface area contributed by atoms with Crippen LogP contribution in [0.5, 0.6) is 0 Å². The lowest BCUT2D eigenvalue weighted by Crippen LogP contribution is -2.18. The van der Waals surface area contributed by atoms with Gasteiger partial charge in [0.1, 0.15) is 0 Å². The van der Waals surface area contributed by atoms with Crippen LogP contribution in [0.2, 0.25) is 0 Å². The van der Waals surface area contributed by atoms with E-state index in [1.165, 1.54) is 5.10 Å². The van der Waals surface area contributed by atoms with Crippen LogP contribution in [0.4, 0.5) is 17.1 Å². The summed E-state index contributed by atoms with van der Waals surface area (Å²) in [4.78, 5) is 10.1. The number of hydrogen-bond donors (Lipinski definition) is 2. The maximum atomic E-state index is 12.0. The van der Waals surface area contributed by atoms with Crippen LogP contribution < -0.4 is 5.59 Å². The van der Waals surface area contributed by atoms with E-state index in [0.717, 1.165) is 0 Å². The minimum atomic E-state index is -5.30. The van der Waals surface area contributed by atoms with Gasteiger partial charge in [-0.3, -0.25) is 5.10 Å². The molecule has 0 spiro atoms. The van der Waals surface area contributed by atoms with Crippen LogP contribution in [0.25, 0.3) is 0 Å². The lowest BCUT2D eigenvalue weighted by atomic mass is 10.6. The van der Waals surface area contributed by atoms with E-state index in [1.54, 1.807) is 0 Å². The van der Waals surface area contributed by atoms with Crippen molar-refractivity contribution in [3.8, 4) is 0 Å². The summed E-state index contributed by atoms with van der Waals surface area (Å²) >= 11 is 0. The third kappa shape index (κ3) is 3.57. The Morgan fingerprint density at radius 2 is 1.73 bits per heavy atom. The molecule has 15 heavy (non-hydrogen) atoms. The Kier molecular flexibility index (Phi) is 3.83. The van der Waals surface area contributed by atoms with E-state index >= 15 is 0 Å². The van der Waals surface area contributed by atoms with E-state index in [4.69, 9.17) is 4.91 Å². The predicted octanol–water partition coefficient (Wildman–Crippen LogP) is -1.01. The second-order valence-electron chi connectivity index (χ2n) is 1.90. The third-order valence-electron chi connectivity index (χ3n) is 0.951. The van der Waals surface area contributed by atoms with Crippen LogP contribution >= 0.6 is 0 Å². The van der Waals surface area contributed by atoms with Crippen molar-refractivity contribution in [3.63, 3.8) is 0 Å². The number of alkyl halides is 3. The Bertz CT molecular complexity index is 425. The number of nitrogens with one attached hydrogen (secondary N) is 1. The van der Waals surface area contributed by atoms with Crippen molar-refractivity contribution < 1.29 is 31.1 Å². The molecule has 0 aliphatic carbocycles. The monoisotopic (exact) mass is 251 g/mol. The third-order valence-corrected chi connectivity index (χ3v) is 1.57. The fourth-order valence-corrected chi connectivity index (χ4v) is 0.837. The molecule has 1 aromatic rings. The average Bonchev–Trinajstić information content (AvgIpc) is 2.53. The lowest BCUT2D eigenvalue weighted by Gasteiger charge is -1.97. The van der Waals surface area contributed by atoms with Gasteiger partial charge < -0.3 is 0 Å². The van der Waals surface area contributed by atoms with E-state index in [9.17, 15) is 25.5 Å². The Hall–Kier alpha value is -1.59. The molecule has 0 bridgehead atoms. The van der Waals surface area contributed by atoms with Crippen molar-refractivity contribution in [2.24, 2.45) is 0 Å². The summed E-state index contributed by atoms with van der Waals surface area (Å²) in [5, 5.41) is 2.25. The number of H-pyrrole nitrogens is 1. The van der Waals surface area contributed by atoms with Gasteiger partial charge in [0.2, 0.25) is 5.82 Å². The molecule has 0 aliphatic rings. The van der Waals surface area contributed by atoms with E-state index < -0.39 is 27.4 Å². The van der Waals surface area contributed by atoms with Crippen molar-refractivity contribution in [3.05, 3.63) is 10.7 Å². The summed E-state index contributed by atoms with van der Waals surface area (Å²) in [5.41, 5.74) is 3.25. The molecule has 0 fully saturated rings. The minimum absolute atomic E-state index is 1.25. The van der Waals surface area contributed by atoms with Crippen LogP contribution in [0.3, 0.4) is 0 Å². The van der Waals surface area contributed by atoms with Gasteiger partial charge in [0.05, 0.1) is 0 Å². The lowest BCUT2D eigenvalue weighted by molar-refractivity contribution is -0.145. The van der Waals surface area contributed by atoms with Gasteiger partial charge in [-0.1, -0.05) is 3.89 Å². The van der Waals surface area contributed by atoms with E-state index in [0.29, 0.717) is 0 Å². The van der Waals surface area contributed by atoms with E-state index in [1.807, 2.05) is 0 Å². The summed E-state index contributed by atoms with van der Waals surface area (Å²) in [7, 11) is -5.30. The highest BCUT2D eigenvalue weighted by Crippen LogP contribution is 2.26. The highest BCUT2D eigenvalue weighted by atomic mass is 32.3. The van der Waals surface area contributed by atoms with E-state index in [-0.39, 0.29) is 0 Å². The zero-order valence-electron chi connectivity index (χ0n) is 6.62. The molecule has 86 valence electrons. The summed E-state index contributed by atoms with van der Waals surface area (Å²) in [6, 6.07) is 0. The molecule has 0 amide bonds. The van der Waals surface area contributed by atoms with Gasteiger partial charge >= 0.3 is 16.4 Å². The zero-order chi connectivity index (χ0) is 12.3. The summed E-state index contributed by atoms with van der Waals surface area (Å²) in [6.07, 6.45) is -4.88. The van der Waals surface area contributed by atoms with Crippen molar-refractivity contribution in [1.82, 2.24) is 15.2 Å². The molecule has 1 heterocycles. The first kappa shape index (κ1) is 13.4. The highest BCUT2D eigenvalue weighted by Gasteiger charge is 2.36. The van der Waals surface area contributed by atoms with Gasteiger partial charge in [-0.05, 0) is 5.59 Å². The van der Waals surface area contributed by atoms with E-state index in [2.05, 4.69) is 15.7 Å². The number of aromatic amines is 1. The van der Waals surface area contributed by atoms with Crippen molar-refractivity contribution in [2.45, 2.75) is 11.3 Å². The van der Waals surface area contributed by atoms with Gasteiger partial charge in [0, 0.05) is 4.91 Å². The number of nitrogens with zero attached hydrogens (tertiary/aromatic N) is 2. The Morgan fingerprint density at radius 3 is 1.93 bits per heavy atom. The first-order valence-corrected chi connectivity index (χ1v) is 4.27. The van der Waals surface area contributed by atoms with Crippen molar-refractivity contribution >= 4 is 10.2 Å². The van der Waals surface area contributed by atoms with Crippen LogP contribution in [0.1, 0.15) is 5.82 Å². The first-order valence-electron chi connectivity index (χ1n) is 2.89. The molecule has 0 unspecified atom stereocenters. The Balaban J connectivity index is 0.000000921. The molecule has 1 aromatic heterocycles. The van der Waals surface area contributed by atoms with Gasteiger partial charge in [-0.15, -0.1) is 5.10 Å². The second-order valence-corrected chi connectivity index (χ2v) is 3.14. The smallest absolute Gasteiger partial charge is 0.254 e. The van der Waals surface area contributed by atoms with Crippen LogP contribution in [0, 0.1) is 4.91 Å². The standard InChI is InChI=1S/C3HF4N3O2S.H2NO/c4-3(5,6)1-8-2(10-9-1)13(7,11)12;1-2/h(H,8,9,10);1H2/q;+1. The summed E-state index contributed by atoms with van der Waals surface area (Å²) in [6.45, 7) is 0. The molecule has 12 heteroatoms. The zero-order valence-corrected chi connectivity index (χ0v) is 7.43. The number of nitroso groups, excluding NO2 is 1. The molecule has 0 radical (unpaired) electrons. The summed E-state index contributed by atoms with van der Waals surface area (Å²) in [5.74, 6) is -1.66. The quantitative estimate of drug-likeness (QED) is 0.489.